The molecular formula is C28H36N4O3. The lowest BCUT2D eigenvalue weighted by atomic mass is 9.97. The lowest BCUT2D eigenvalue weighted by Gasteiger charge is -2.34. The summed E-state index contributed by atoms with van der Waals surface area (Å²) in [5.41, 5.74) is 5.69. The van der Waals surface area contributed by atoms with E-state index in [1.807, 2.05) is 17.0 Å². The van der Waals surface area contributed by atoms with Crippen LogP contribution >= 0.6 is 0 Å². The van der Waals surface area contributed by atoms with Crippen LogP contribution in [-0.4, -0.2) is 90.1 Å². The number of aliphatic hydroxyl groups excluding tert-OH is 1. The van der Waals surface area contributed by atoms with E-state index in [1.165, 1.54) is 11.1 Å². The monoisotopic (exact) mass is 476 g/mol. The summed E-state index contributed by atoms with van der Waals surface area (Å²) in [7, 11) is 0. The molecule has 1 atom stereocenters. The Morgan fingerprint density at radius 1 is 0.914 bits per heavy atom. The lowest BCUT2D eigenvalue weighted by Crippen LogP contribution is -2.46. The Labute approximate surface area is 207 Å². The highest BCUT2D eigenvalue weighted by Crippen LogP contribution is 2.26. The van der Waals surface area contributed by atoms with Crippen molar-refractivity contribution in [1.29, 1.82) is 0 Å². The molecule has 0 radical (unpaired) electrons. The maximum atomic E-state index is 13.2. The van der Waals surface area contributed by atoms with E-state index in [2.05, 4.69) is 40.1 Å². The molecule has 5 rings (SSSR count). The molecule has 0 aliphatic carbocycles. The third-order valence-corrected chi connectivity index (χ3v) is 7.67. The van der Waals surface area contributed by atoms with Crippen LogP contribution in [0.25, 0.3) is 0 Å². The first kappa shape index (κ1) is 23.8. The van der Waals surface area contributed by atoms with Crippen molar-refractivity contribution < 1.29 is 14.7 Å². The fourth-order valence-electron chi connectivity index (χ4n) is 5.70. The summed E-state index contributed by atoms with van der Waals surface area (Å²) in [5, 5.41) is 10.8. The molecule has 0 spiro atoms. The molecule has 186 valence electrons. The average Bonchev–Trinajstić information content (AvgIpc) is 3.12. The summed E-state index contributed by atoms with van der Waals surface area (Å²) in [4.78, 5) is 33.3. The zero-order chi connectivity index (χ0) is 24.4. The molecule has 3 aliphatic rings. The molecule has 7 heteroatoms. The molecular weight excluding hydrogens is 440 g/mol. The van der Waals surface area contributed by atoms with Crippen molar-refractivity contribution >= 4 is 17.5 Å². The minimum Gasteiger partial charge on any atom is -0.390 e. The van der Waals surface area contributed by atoms with Crippen LogP contribution in [0.3, 0.4) is 0 Å². The molecule has 2 amide bonds. The summed E-state index contributed by atoms with van der Waals surface area (Å²) >= 11 is 0. The first-order valence-corrected chi connectivity index (χ1v) is 12.9. The number of β-amino-alcohol motifs (C(OH)–C–C–N with tert-alkyl or cyclic N) is 1. The van der Waals surface area contributed by atoms with Gasteiger partial charge in [0.05, 0.1) is 6.10 Å². The highest BCUT2D eigenvalue weighted by Gasteiger charge is 2.28. The van der Waals surface area contributed by atoms with Crippen molar-refractivity contribution in [3.05, 3.63) is 64.7 Å². The number of aliphatic hydroxyl groups is 1. The summed E-state index contributed by atoms with van der Waals surface area (Å²) < 4.78 is 0. The number of hydrogen-bond donors (Lipinski definition) is 1. The van der Waals surface area contributed by atoms with Crippen LogP contribution in [0, 0.1) is 0 Å². The zero-order valence-electron chi connectivity index (χ0n) is 20.7. The maximum absolute atomic E-state index is 13.2. The van der Waals surface area contributed by atoms with Gasteiger partial charge in [-0.1, -0.05) is 24.3 Å². The molecule has 0 bridgehead atoms. The highest BCUT2D eigenvalue weighted by molar-refractivity contribution is 5.97. The molecule has 1 saturated heterocycles. The predicted molar refractivity (Wildman–Crippen MR) is 137 cm³/mol. The normalized spacial score (nSPS) is 19.7. The van der Waals surface area contributed by atoms with Crippen LogP contribution in [0.4, 0.5) is 5.69 Å². The van der Waals surface area contributed by atoms with Gasteiger partial charge in [0, 0.05) is 77.1 Å². The van der Waals surface area contributed by atoms with Gasteiger partial charge in [0.2, 0.25) is 5.91 Å². The third kappa shape index (κ3) is 5.36. The smallest absolute Gasteiger partial charge is 0.254 e. The Bertz CT molecular complexity index is 1090. The van der Waals surface area contributed by atoms with E-state index in [0.717, 1.165) is 75.3 Å². The number of hydrogen-bond acceptors (Lipinski definition) is 5. The molecule has 1 fully saturated rings. The van der Waals surface area contributed by atoms with E-state index in [4.69, 9.17) is 0 Å². The minimum atomic E-state index is -0.564. The second kappa shape index (κ2) is 10.4. The number of nitrogens with zero attached hydrogens (tertiary/aromatic N) is 4. The third-order valence-electron chi connectivity index (χ3n) is 7.67. The van der Waals surface area contributed by atoms with Gasteiger partial charge in [-0.05, 0) is 54.2 Å². The van der Waals surface area contributed by atoms with Gasteiger partial charge in [0.1, 0.15) is 0 Å². The zero-order valence-corrected chi connectivity index (χ0v) is 20.7. The summed E-state index contributed by atoms with van der Waals surface area (Å²) in [6, 6.07) is 14.6. The number of rotatable bonds is 5. The van der Waals surface area contributed by atoms with Gasteiger partial charge in [0.15, 0.2) is 0 Å². The minimum absolute atomic E-state index is 0.0134. The average molecular weight is 477 g/mol. The molecule has 35 heavy (non-hydrogen) atoms. The molecule has 7 nitrogen and oxygen atoms in total. The lowest BCUT2D eigenvalue weighted by molar-refractivity contribution is -0.128. The van der Waals surface area contributed by atoms with E-state index in [9.17, 15) is 14.7 Å². The van der Waals surface area contributed by atoms with E-state index < -0.39 is 6.10 Å². The number of fused-ring (bicyclic) bond motifs is 2. The van der Waals surface area contributed by atoms with Crippen molar-refractivity contribution in [2.24, 2.45) is 0 Å². The molecule has 3 aliphatic heterocycles. The van der Waals surface area contributed by atoms with Crippen molar-refractivity contribution in [3.63, 3.8) is 0 Å². The van der Waals surface area contributed by atoms with Crippen LogP contribution in [0.5, 0.6) is 0 Å². The fourth-order valence-corrected chi connectivity index (χ4v) is 5.70. The van der Waals surface area contributed by atoms with E-state index in [0.29, 0.717) is 19.6 Å². The van der Waals surface area contributed by atoms with Crippen molar-refractivity contribution in [3.8, 4) is 0 Å². The first-order valence-electron chi connectivity index (χ1n) is 12.9. The van der Waals surface area contributed by atoms with Gasteiger partial charge in [-0.15, -0.1) is 0 Å². The van der Waals surface area contributed by atoms with Crippen molar-refractivity contribution in [2.75, 3.05) is 57.3 Å². The van der Waals surface area contributed by atoms with E-state index >= 15 is 0 Å². The predicted octanol–water partition coefficient (Wildman–Crippen LogP) is 2.16. The summed E-state index contributed by atoms with van der Waals surface area (Å²) in [5.74, 6) is 0.148. The number of benzene rings is 2. The van der Waals surface area contributed by atoms with Crippen molar-refractivity contribution in [1.82, 2.24) is 14.7 Å². The molecule has 3 heterocycles. The van der Waals surface area contributed by atoms with Gasteiger partial charge in [-0.3, -0.25) is 14.5 Å². The highest BCUT2D eigenvalue weighted by atomic mass is 16.3. The molecule has 0 aromatic heterocycles. The standard InChI is InChI=1S/C28H36N4O3/c1-21(33)30-11-4-12-31(16-15-30)25-7-8-27-23(17-25)10-14-32(28(27)35)20-26(34)19-29-13-9-22-5-2-3-6-24(22)18-29/h2-3,5-8,17,26,34H,4,9-16,18-20H2,1H3/t26-/m1/s1. The molecule has 2 aromatic carbocycles. The van der Waals surface area contributed by atoms with Crippen molar-refractivity contribution in [2.45, 2.75) is 38.8 Å². The van der Waals surface area contributed by atoms with Gasteiger partial charge in [-0.25, -0.2) is 0 Å². The quantitative estimate of drug-likeness (QED) is 0.717. The van der Waals surface area contributed by atoms with Crippen LogP contribution in [0.2, 0.25) is 0 Å². The van der Waals surface area contributed by atoms with E-state index in [-0.39, 0.29) is 11.8 Å². The Kier molecular flexibility index (Phi) is 7.07. The van der Waals surface area contributed by atoms with Crippen LogP contribution < -0.4 is 4.90 Å². The van der Waals surface area contributed by atoms with Gasteiger partial charge in [0.25, 0.3) is 5.91 Å². The van der Waals surface area contributed by atoms with Gasteiger partial charge < -0.3 is 19.8 Å². The SMILES string of the molecule is CC(=O)N1CCCN(c2ccc3c(c2)CCN(C[C@H](O)CN2CCc4ccccc4C2)C3=O)CC1. The Hall–Kier alpha value is -2.90. The van der Waals surface area contributed by atoms with Crippen LogP contribution in [0.1, 0.15) is 40.4 Å². The van der Waals surface area contributed by atoms with E-state index in [1.54, 1.807) is 11.8 Å². The fraction of sp³-hybridized carbons (Fsp3) is 0.500. The number of carbonyl (C=O) groups excluding carboxylic acids is 2. The van der Waals surface area contributed by atoms with Crippen LogP contribution in [-0.2, 0) is 24.2 Å². The second-order valence-electron chi connectivity index (χ2n) is 10.1. The second-order valence-corrected chi connectivity index (χ2v) is 10.1. The van der Waals surface area contributed by atoms with Gasteiger partial charge >= 0.3 is 0 Å². The Morgan fingerprint density at radius 3 is 2.54 bits per heavy atom. The largest absolute Gasteiger partial charge is 0.390 e. The molecule has 2 aromatic rings. The van der Waals surface area contributed by atoms with Crippen LogP contribution in [0.15, 0.2) is 42.5 Å². The topological polar surface area (TPSA) is 67.3 Å². The maximum Gasteiger partial charge on any atom is 0.254 e. The molecule has 0 saturated carbocycles. The number of anilines is 1. The first-order chi connectivity index (χ1) is 17.0. The number of carbonyl (C=O) groups is 2. The Balaban J connectivity index is 1.18. The number of amides is 2. The molecule has 1 N–H and O–H groups in total. The summed E-state index contributed by atoms with van der Waals surface area (Å²) in [6.45, 7) is 8.27. The molecule has 0 unspecified atom stereocenters. The summed E-state index contributed by atoms with van der Waals surface area (Å²) in [6.07, 6.45) is 2.19. The van der Waals surface area contributed by atoms with Gasteiger partial charge in [-0.2, -0.15) is 0 Å². The Morgan fingerprint density at radius 2 is 1.71 bits per heavy atom.